The molecule has 0 aliphatic rings. The molecular formula is C21H26Cl2N2O2. The van der Waals surface area contributed by atoms with Crippen LogP contribution in [0.3, 0.4) is 0 Å². The predicted molar refractivity (Wildman–Crippen MR) is 114 cm³/mol. The quantitative estimate of drug-likeness (QED) is 0.505. The van der Waals surface area contributed by atoms with E-state index in [0.29, 0.717) is 41.3 Å². The Hall–Kier alpha value is -1.91. The van der Waals surface area contributed by atoms with Crippen molar-refractivity contribution < 1.29 is 9.53 Å². The Morgan fingerprint density at radius 3 is 2.59 bits per heavy atom. The summed E-state index contributed by atoms with van der Waals surface area (Å²) in [4.78, 5) is 12.0. The van der Waals surface area contributed by atoms with Crippen LogP contribution in [0, 0.1) is 5.92 Å². The van der Waals surface area contributed by atoms with Gasteiger partial charge in [-0.2, -0.15) is 0 Å². The second-order valence-corrected chi connectivity index (χ2v) is 7.65. The standard InChI is InChI=1S/C21H26Cl2N2O2/c1-4-8-27-21-15(10-16(22)11-19(21)23)13-24-17-6-5-7-18(12-17)25-20(26)9-14(2)3/h5-7,10-12,14,24H,4,8-9,13H2,1-3H3,(H,25,26). The topological polar surface area (TPSA) is 50.4 Å². The summed E-state index contributed by atoms with van der Waals surface area (Å²) in [6.45, 7) is 7.17. The van der Waals surface area contributed by atoms with Crippen molar-refractivity contribution >= 4 is 40.5 Å². The molecule has 0 radical (unpaired) electrons. The van der Waals surface area contributed by atoms with E-state index in [0.717, 1.165) is 23.4 Å². The van der Waals surface area contributed by atoms with E-state index in [1.807, 2.05) is 51.1 Å². The van der Waals surface area contributed by atoms with Crippen molar-refractivity contribution in [2.45, 2.75) is 40.2 Å². The number of ether oxygens (including phenoxy) is 1. The Labute approximate surface area is 171 Å². The van der Waals surface area contributed by atoms with Gasteiger partial charge in [0.25, 0.3) is 0 Å². The van der Waals surface area contributed by atoms with Gasteiger partial charge in [-0.3, -0.25) is 4.79 Å². The van der Waals surface area contributed by atoms with Crippen LogP contribution >= 0.6 is 23.2 Å². The molecule has 2 rings (SSSR count). The monoisotopic (exact) mass is 408 g/mol. The Bertz CT molecular complexity index is 779. The molecule has 0 unspecified atom stereocenters. The smallest absolute Gasteiger partial charge is 0.224 e. The van der Waals surface area contributed by atoms with Gasteiger partial charge in [0.15, 0.2) is 0 Å². The Morgan fingerprint density at radius 2 is 1.89 bits per heavy atom. The highest BCUT2D eigenvalue weighted by Gasteiger charge is 2.11. The van der Waals surface area contributed by atoms with E-state index in [9.17, 15) is 4.79 Å². The molecule has 4 nitrogen and oxygen atoms in total. The number of amides is 1. The first kappa shape index (κ1) is 21.4. The molecule has 0 saturated carbocycles. The van der Waals surface area contributed by atoms with Gasteiger partial charge < -0.3 is 15.4 Å². The fourth-order valence-corrected chi connectivity index (χ4v) is 3.19. The second-order valence-electron chi connectivity index (χ2n) is 6.80. The molecule has 0 aliphatic heterocycles. The zero-order chi connectivity index (χ0) is 19.8. The van der Waals surface area contributed by atoms with Crippen LogP contribution in [0.15, 0.2) is 36.4 Å². The number of benzene rings is 2. The molecule has 2 N–H and O–H groups in total. The lowest BCUT2D eigenvalue weighted by atomic mass is 10.1. The van der Waals surface area contributed by atoms with Crippen molar-refractivity contribution in [2.24, 2.45) is 5.92 Å². The first-order valence-corrected chi connectivity index (χ1v) is 9.89. The van der Waals surface area contributed by atoms with E-state index in [1.165, 1.54) is 0 Å². The highest BCUT2D eigenvalue weighted by Crippen LogP contribution is 2.33. The third-order valence-electron chi connectivity index (χ3n) is 3.76. The zero-order valence-electron chi connectivity index (χ0n) is 15.9. The number of rotatable bonds is 9. The summed E-state index contributed by atoms with van der Waals surface area (Å²) in [5.41, 5.74) is 2.53. The van der Waals surface area contributed by atoms with E-state index in [2.05, 4.69) is 10.6 Å². The lowest BCUT2D eigenvalue weighted by Crippen LogP contribution is -2.14. The van der Waals surface area contributed by atoms with Crippen LogP contribution in [-0.2, 0) is 11.3 Å². The van der Waals surface area contributed by atoms with Crippen LogP contribution in [0.1, 0.15) is 39.2 Å². The van der Waals surface area contributed by atoms with Crippen LogP contribution in [0.25, 0.3) is 0 Å². The fourth-order valence-electron chi connectivity index (χ4n) is 2.60. The molecule has 0 bridgehead atoms. The number of hydrogen-bond donors (Lipinski definition) is 2. The minimum absolute atomic E-state index is 0.0130. The third-order valence-corrected chi connectivity index (χ3v) is 4.26. The molecule has 0 heterocycles. The largest absolute Gasteiger partial charge is 0.492 e. The summed E-state index contributed by atoms with van der Waals surface area (Å²) < 4.78 is 5.79. The number of carbonyl (C=O) groups excluding carboxylic acids is 1. The Kier molecular flexibility index (Phi) is 8.26. The average Bonchev–Trinajstić information content (AvgIpc) is 2.58. The predicted octanol–water partition coefficient (Wildman–Crippen LogP) is 6.38. The van der Waals surface area contributed by atoms with Crippen LogP contribution in [0.4, 0.5) is 11.4 Å². The summed E-state index contributed by atoms with van der Waals surface area (Å²) in [6, 6.07) is 11.1. The lowest BCUT2D eigenvalue weighted by Gasteiger charge is -2.15. The van der Waals surface area contributed by atoms with Gasteiger partial charge in [-0.05, 0) is 42.7 Å². The molecule has 0 spiro atoms. The highest BCUT2D eigenvalue weighted by molar-refractivity contribution is 6.35. The van der Waals surface area contributed by atoms with Gasteiger partial charge in [-0.1, -0.05) is 50.0 Å². The number of carbonyl (C=O) groups is 1. The summed E-state index contributed by atoms with van der Waals surface area (Å²) in [6.07, 6.45) is 1.39. The first-order valence-electron chi connectivity index (χ1n) is 9.13. The molecule has 1 amide bonds. The maximum absolute atomic E-state index is 12.0. The number of nitrogens with one attached hydrogen (secondary N) is 2. The Balaban J connectivity index is 2.08. The maximum Gasteiger partial charge on any atom is 0.224 e. The van der Waals surface area contributed by atoms with Gasteiger partial charge >= 0.3 is 0 Å². The molecule has 2 aromatic carbocycles. The van der Waals surface area contributed by atoms with E-state index < -0.39 is 0 Å². The van der Waals surface area contributed by atoms with Gasteiger partial charge in [0.05, 0.1) is 11.6 Å². The molecule has 0 aromatic heterocycles. The van der Waals surface area contributed by atoms with Gasteiger partial charge in [0.1, 0.15) is 5.75 Å². The molecule has 0 aliphatic carbocycles. The lowest BCUT2D eigenvalue weighted by molar-refractivity contribution is -0.116. The number of anilines is 2. The summed E-state index contributed by atoms with van der Waals surface area (Å²) in [7, 11) is 0. The van der Waals surface area contributed by atoms with Crippen molar-refractivity contribution in [3.8, 4) is 5.75 Å². The minimum atomic E-state index is 0.0130. The molecular weight excluding hydrogens is 383 g/mol. The molecule has 146 valence electrons. The first-order chi connectivity index (χ1) is 12.9. The van der Waals surface area contributed by atoms with Crippen LogP contribution in [0.5, 0.6) is 5.75 Å². The van der Waals surface area contributed by atoms with Gasteiger partial charge in [-0.15, -0.1) is 0 Å². The Morgan fingerprint density at radius 1 is 1.15 bits per heavy atom. The van der Waals surface area contributed by atoms with Crippen molar-refractivity contribution in [1.82, 2.24) is 0 Å². The fraction of sp³-hybridized carbons (Fsp3) is 0.381. The van der Waals surface area contributed by atoms with Crippen molar-refractivity contribution in [3.63, 3.8) is 0 Å². The molecule has 6 heteroatoms. The van der Waals surface area contributed by atoms with Gasteiger partial charge in [-0.25, -0.2) is 0 Å². The van der Waals surface area contributed by atoms with Crippen LogP contribution < -0.4 is 15.4 Å². The van der Waals surface area contributed by atoms with Crippen molar-refractivity contribution in [2.75, 3.05) is 17.2 Å². The zero-order valence-corrected chi connectivity index (χ0v) is 17.5. The van der Waals surface area contributed by atoms with Crippen LogP contribution in [0.2, 0.25) is 10.0 Å². The summed E-state index contributed by atoms with van der Waals surface area (Å²) in [5.74, 6) is 0.983. The third kappa shape index (κ3) is 6.96. The maximum atomic E-state index is 12.0. The van der Waals surface area contributed by atoms with Crippen molar-refractivity contribution in [1.29, 1.82) is 0 Å². The molecule has 0 fully saturated rings. The summed E-state index contributed by atoms with van der Waals surface area (Å²) in [5, 5.41) is 7.33. The van der Waals surface area contributed by atoms with E-state index in [-0.39, 0.29) is 5.91 Å². The van der Waals surface area contributed by atoms with Gasteiger partial charge in [0, 0.05) is 34.9 Å². The normalized spacial score (nSPS) is 10.7. The van der Waals surface area contributed by atoms with Crippen LogP contribution in [-0.4, -0.2) is 12.5 Å². The molecule has 0 saturated heterocycles. The average molecular weight is 409 g/mol. The second kappa shape index (κ2) is 10.4. The van der Waals surface area contributed by atoms with E-state index in [4.69, 9.17) is 27.9 Å². The SMILES string of the molecule is CCCOc1c(Cl)cc(Cl)cc1CNc1cccc(NC(=O)CC(C)C)c1. The molecule has 27 heavy (non-hydrogen) atoms. The van der Waals surface area contributed by atoms with Gasteiger partial charge in [0.2, 0.25) is 5.91 Å². The molecule has 2 aromatic rings. The number of halogens is 2. The molecule has 0 atom stereocenters. The minimum Gasteiger partial charge on any atom is -0.492 e. The highest BCUT2D eigenvalue weighted by atomic mass is 35.5. The summed E-state index contributed by atoms with van der Waals surface area (Å²) >= 11 is 12.4. The van der Waals surface area contributed by atoms with E-state index in [1.54, 1.807) is 6.07 Å². The van der Waals surface area contributed by atoms with Crippen molar-refractivity contribution in [3.05, 3.63) is 52.0 Å². The van der Waals surface area contributed by atoms with E-state index >= 15 is 0 Å². The number of hydrogen-bond acceptors (Lipinski definition) is 3.